The molecule has 1 unspecified atom stereocenters. The van der Waals surface area contributed by atoms with Gasteiger partial charge in [0.15, 0.2) is 0 Å². The van der Waals surface area contributed by atoms with Crippen LogP contribution in [-0.4, -0.2) is 32.7 Å². The third kappa shape index (κ3) is 7.27. The van der Waals surface area contributed by atoms with E-state index in [4.69, 9.17) is 31.7 Å². The molecule has 3 aromatic rings. The molecule has 0 bridgehead atoms. The van der Waals surface area contributed by atoms with Crippen LogP contribution in [0.4, 0.5) is 13.2 Å². The minimum Gasteiger partial charge on any atom is -0.493 e. The number of rotatable bonds is 10. The molecule has 2 N–H and O–H groups in total. The molecule has 0 radical (unpaired) electrons. The van der Waals surface area contributed by atoms with Gasteiger partial charge in [0.05, 0.1) is 40.1 Å². The summed E-state index contributed by atoms with van der Waals surface area (Å²) in [5, 5.41) is 12.7. The molecule has 0 spiro atoms. The van der Waals surface area contributed by atoms with Gasteiger partial charge in [0, 0.05) is 11.0 Å². The standard InChI is InChI=1S/C19H14ClF3N5O6PS2/c20-16-8-14(33-4-3-26-28-25)5-12-6-17(36-18(12)16)37(31,32)27-10-35(29,30)34-13-2-1-11(9-24)15(7-13)19(21,22)23/h1-2,5-8,27H,3-4,10H2,(H,29,30). The van der Waals surface area contributed by atoms with Gasteiger partial charge in [-0.25, -0.2) is 13.0 Å². The number of azide groups is 1. The molecule has 37 heavy (non-hydrogen) atoms. The Morgan fingerprint density at radius 1 is 1.27 bits per heavy atom. The van der Waals surface area contributed by atoms with Crippen molar-refractivity contribution < 1.29 is 40.3 Å². The minimum atomic E-state index is -4.93. The van der Waals surface area contributed by atoms with E-state index in [1.54, 1.807) is 0 Å². The monoisotopic (exact) mass is 595 g/mol. The molecular weight excluding hydrogens is 582 g/mol. The molecule has 0 aliphatic rings. The zero-order valence-electron chi connectivity index (χ0n) is 18.1. The van der Waals surface area contributed by atoms with Crippen LogP contribution in [0.3, 0.4) is 0 Å². The predicted molar refractivity (Wildman–Crippen MR) is 128 cm³/mol. The van der Waals surface area contributed by atoms with Gasteiger partial charge < -0.3 is 14.2 Å². The number of nitrogens with zero attached hydrogens (tertiary/aromatic N) is 4. The summed E-state index contributed by atoms with van der Waals surface area (Å²) in [5.74, 6) is -0.396. The zero-order chi connectivity index (χ0) is 27.4. The van der Waals surface area contributed by atoms with Crippen molar-refractivity contribution in [1.82, 2.24) is 4.72 Å². The summed E-state index contributed by atoms with van der Waals surface area (Å²) in [7, 11) is -9.18. The van der Waals surface area contributed by atoms with Gasteiger partial charge in [0.2, 0.25) is 0 Å². The van der Waals surface area contributed by atoms with E-state index < -0.39 is 47.0 Å². The van der Waals surface area contributed by atoms with Gasteiger partial charge in [0.25, 0.3) is 10.0 Å². The number of alkyl halides is 3. The highest BCUT2D eigenvalue weighted by Crippen LogP contribution is 2.44. The van der Waals surface area contributed by atoms with Crippen LogP contribution in [0.2, 0.25) is 5.02 Å². The number of halogens is 4. The summed E-state index contributed by atoms with van der Waals surface area (Å²) < 4.78 is 89.3. The molecule has 0 amide bonds. The fourth-order valence-electron chi connectivity index (χ4n) is 2.87. The first kappa shape index (κ1) is 28.5. The molecule has 1 heterocycles. The van der Waals surface area contributed by atoms with Crippen LogP contribution in [0, 0.1) is 11.3 Å². The molecule has 0 aliphatic heterocycles. The Bertz CT molecular complexity index is 1590. The SMILES string of the molecule is N#Cc1ccc(OP(=O)(O)CNS(=O)(=O)c2cc3cc(OCCN=[N+]=[N-])cc(Cl)c3s2)cc1C(F)(F)F. The quantitative estimate of drug-likeness (QED) is 0.100. The molecule has 3 rings (SSSR count). The normalized spacial score (nSPS) is 13.4. The lowest BCUT2D eigenvalue weighted by molar-refractivity contribution is -0.137. The van der Waals surface area contributed by atoms with Gasteiger partial charge >= 0.3 is 13.8 Å². The predicted octanol–water partition coefficient (Wildman–Crippen LogP) is 5.63. The van der Waals surface area contributed by atoms with E-state index in [9.17, 15) is 31.0 Å². The summed E-state index contributed by atoms with van der Waals surface area (Å²) in [6.07, 6.45) is -6.09. The maximum absolute atomic E-state index is 13.1. The Morgan fingerprint density at radius 3 is 2.65 bits per heavy atom. The number of benzene rings is 2. The first-order valence-electron chi connectivity index (χ1n) is 9.75. The van der Waals surface area contributed by atoms with Gasteiger partial charge in [-0.15, -0.1) is 11.3 Å². The van der Waals surface area contributed by atoms with Gasteiger partial charge in [0.1, 0.15) is 22.0 Å². The number of sulfonamides is 1. The van der Waals surface area contributed by atoms with E-state index in [1.165, 1.54) is 24.3 Å². The second kappa shape index (κ2) is 11.2. The number of hydrogen-bond donors (Lipinski definition) is 2. The maximum Gasteiger partial charge on any atom is 0.417 e. The van der Waals surface area contributed by atoms with Crippen LogP contribution in [0.25, 0.3) is 20.5 Å². The Morgan fingerprint density at radius 2 is 2.00 bits per heavy atom. The first-order chi connectivity index (χ1) is 17.3. The summed E-state index contributed by atoms with van der Waals surface area (Å²) in [5.41, 5.74) is 6.18. The molecular formula is C19H14ClF3N5O6PS2. The van der Waals surface area contributed by atoms with E-state index in [-0.39, 0.29) is 28.1 Å². The van der Waals surface area contributed by atoms with Crippen molar-refractivity contribution in [2.75, 3.05) is 19.4 Å². The number of thiophene rings is 1. The highest BCUT2D eigenvalue weighted by Gasteiger charge is 2.35. The first-order valence-corrected chi connectivity index (χ1v) is 14.2. The number of hydrogen-bond acceptors (Lipinski definition) is 8. The number of nitrogens with one attached hydrogen (secondary N) is 1. The molecule has 11 nitrogen and oxygen atoms in total. The van der Waals surface area contributed by atoms with Crippen LogP contribution in [0.15, 0.2) is 45.7 Å². The van der Waals surface area contributed by atoms with Crippen LogP contribution in [0.5, 0.6) is 11.5 Å². The molecule has 18 heteroatoms. The third-order valence-corrected chi connectivity index (χ3v) is 9.17. The van der Waals surface area contributed by atoms with Crippen molar-refractivity contribution in [3.8, 4) is 17.6 Å². The Kier molecular flexibility index (Phi) is 8.61. The average Bonchev–Trinajstić information content (AvgIpc) is 3.26. The fourth-order valence-corrected chi connectivity index (χ4v) is 7.11. The molecule has 0 saturated heterocycles. The van der Waals surface area contributed by atoms with Gasteiger partial charge in [-0.2, -0.15) is 23.2 Å². The fraction of sp³-hybridized carbons (Fsp3) is 0.211. The van der Waals surface area contributed by atoms with Gasteiger partial charge in [-0.1, -0.05) is 16.7 Å². The van der Waals surface area contributed by atoms with Crippen LogP contribution in [0.1, 0.15) is 11.1 Å². The highest BCUT2D eigenvalue weighted by molar-refractivity contribution is 7.92. The summed E-state index contributed by atoms with van der Waals surface area (Å²) >= 11 is 6.96. The second-order valence-corrected chi connectivity index (χ2v) is 12.3. The summed E-state index contributed by atoms with van der Waals surface area (Å²) in [6, 6.07) is 7.54. The molecule has 1 atom stereocenters. The lowest BCUT2D eigenvalue weighted by atomic mass is 10.1. The number of fused-ring (bicyclic) bond motifs is 1. The van der Waals surface area contributed by atoms with Gasteiger partial charge in [-0.3, -0.25) is 0 Å². The minimum absolute atomic E-state index is 0.0538. The highest BCUT2D eigenvalue weighted by atomic mass is 35.5. The van der Waals surface area contributed by atoms with E-state index in [2.05, 4.69) is 10.0 Å². The average molecular weight is 596 g/mol. The Hall–Kier alpha value is -3.02. The van der Waals surface area contributed by atoms with E-state index in [1.807, 2.05) is 4.72 Å². The summed E-state index contributed by atoms with van der Waals surface area (Å²) in [4.78, 5) is 12.6. The Balaban J connectivity index is 1.76. The lowest BCUT2D eigenvalue weighted by Crippen LogP contribution is -2.25. The molecule has 0 aliphatic carbocycles. The zero-order valence-corrected chi connectivity index (χ0v) is 21.4. The Labute approximate surface area is 216 Å². The van der Waals surface area contributed by atoms with Crippen molar-refractivity contribution in [3.05, 3.63) is 63.0 Å². The van der Waals surface area contributed by atoms with Crippen molar-refractivity contribution in [2.45, 2.75) is 10.4 Å². The van der Waals surface area contributed by atoms with Crippen molar-refractivity contribution in [3.63, 3.8) is 0 Å². The summed E-state index contributed by atoms with van der Waals surface area (Å²) in [6.45, 7) is 0.112. The van der Waals surface area contributed by atoms with Crippen molar-refractivity contribution in [1.29, 1.82) is 5.26 Å². The smallest absolute Gasteiger partial charge is 0.417 e. The molecule has 196 valence electrons. The van der Waals surface area contributed by atoms with Crippen molar-refractivity contribution in [2.24, 2.45) is 5.11 Å². The largest absolute Gasteiger partial charge is 0.493 e. The van der Waals surface area contributed by atoms with Crippen molar-refractivity contribution >= 4 is 50.6 Å². The number of nitriles is 1. The van der Waals surface area contributed by atoms with E-state index >= 15 is 0 Å². The topological polar surface area (TPSA) is 174 Å². The van der Waals surface area contributed by atoms with Crippen LogP contribution >= 0.6 is 30.5 Å². The number of ether oxygens (including phenoxy) is 1. The van der Waals surface area contributed by atoms with Crippen LogP contribution in [-0.2, 0) is 20.8 Å². The van der Waals surface area contributed by atoms with E-state index in [0.29, 0.717) is 16.2 Å². The maximum atomic E-state index is 13.1. The van der Waals surface area contributed by atoms with Crippen LogP contribution < -0.4 is 14.0 Å². The molecule has 2 aromatic carbocycles. The lowest BCUT2D eigenvalue weighted by Gasteiger charge is -2.16. The molecule has 1 aromatic heterocycles. The molecule has 0 saturated carbocycles. The third-order valence-electron chi connectivity index (χ3n) is 4.43. The second-order valence-electron chi connectivity index (χ2n) is 7.04. The van der Waals surface area contributed by atoms with Gasteiger partial charge in [-0.05, 0) is 41.2 Å². The molecule has 0 fully saturated rings. The van der Waals surface area contributed by atoms with E-state index in [0.717, 1.165) is 23.5 Å².